The van der Waals surface area contributed by atoms with Gasteiger partial charge in [0.2, 0.25) is 5.91 Å². The average Bonchev–Trinajstić information content (AvgIpc) is 2.79. The van der Waals surface area contributed by atoms with Gasteiger partial charge in [-0.3, -0.25) is 4.79 Å². The van der Waals surface area contributed by atoms with Crippen molar-refractivity contribution in [1.29, 1.82) is 0 Å². The third kappa shape index (κ3) is 3.34. The number of carbonyl (C=O) groups excluding carboxylic acids is 1. The van der Waals surface area contributed by atoms with Crippen LogP contribution in [-0.4, -0.2) is 55.0 Å². The average molecular weight is 281 g/mol. The van der Waals surface area contributed by atoms with Crippen molar-refractivity contribution in [2.75, 3.05) is 27.2 Å². The second-order valence-corrected chi connectivity index (χ2v) is 7.23. The Morgan fingerprint density at radius 1 is 1.30 bits per heavy atom. The molecule has 0 aromatic rings. The Morgan fingerprint density at radius 2 is 2.00 bits per heavy atom. The van der Waals surface area contributed by atoms with Gasteiger partial charge in [0.15, 0.2) is 0 Å². The second-order valence-electron chi connectivity index (χ2n) is 7.23. The van der Waals surface area contributed by atoms with Gasteiger partial charge in [0.1, 0.15) is 0 Å². The molecule has 116 valence electrons. The molecule has 5 atom stereocenters. The highest BCUT2D eigenvalue weighted by Crippen LogP contribution is 2.32. The molecule has 4 nitrogen and oxygen atoms in total. The lowest BCUT2D eigenvalue weighted by Crippen LogP contribution is -2.41. The van der Waals surface area contributed by atoms with Crippen molar-refractivity contribution < 1.29 is 4.79 Å². The third-order valence-corrected chi connectivity index (χ3v) is 5.40. The van der Waals surface area contributed by atoms with Crippen molar-refractivity contribution in [1.82, 2.24) is 9.80 Å². The maximum Gasteiger partial charge on any atom is 0.225 e. The summed E-state index contributed by atoms with van der Waals surface area (Å²) in [5, 5.41) is 0. The molecule has 0 aromatic carbocycles. The lowest BCUT2D eigenvalue weighted by molar-refractivity contribution is -0.136. The lowest BCUT2D eigenvalue weighted by Gasteiger charge is -2.32. The first kappa shape index (κ1) is 15.8. The van der Waals surface area contributed by atoms with Crippen molar-refractivity contribution in [3.05, 3.63) is 0 Å². The zero-order valence-electron chi connectivity index (χ0n) is 13.5. The Balaban J connectivity index is 1.94. The lowest BCUT2D eigenvalue weighted by atomic mass is 9.78. The molecule has 0 spiro atoms. The van der Waals surface area contributed by atoms with Gasteiger partial charge in [-0.1, -0.05) is 20.3 Å². The van der Waals surface area contributed by atoms with Crippen molar-refractivity contribution in [3.63, 3.8) is 0 Å². The van der Waals surface area contributed by atoms with Crippen molar-refractivity contribution in [2.24, 2.45) is 23.5 Å². The molecule has 0 radical (unpaired) electrons. The highest BCUT2D eigenvalue weighted by atomic mass is 16.2. The summed E-state index contributed by atoms with van der Waals surface area (Å²) in [7, 11) is 4.22. The van der Waals surface area contributed by atoms with E-state index < -0.39 is 0 Å². The quantitative estimate of drug-likeness (QED) is 0.854. The van der Waals surface area contributed by atoms with Crippen LogP contribution < -0.4 is 5.73 Å². The first-order valence-corrected chi connectivity index (χ1v) is 8.11. The largest absolute Gasteiger partial charge is 0.341 e. The summed E-state index contributed by atoms with van der Waals surface area (Å²) in [5.74, 6) is 1.53. The summed E-state index contributed by atoms with van der Waals surface area (Å²) >= 11 is 0. The molecule has 0 aromatic heterocycles. The van der Waals surface area contributed by atoms with Crippen LogP contribution in [0.1, 0.15) is 39.5 Å². The summed E-state index contributed by atoms with van der Waals surface area (Å²) < 4.78 is 0. The molecule has 2 fully saturated rings. The number of hydrogen-bond acceptors (Lipinski definition) is 3. The van der Waals surface area contributed by atoms with Crippen LogP contribution in [0.3, 0.4) is 0 Å². The second kappa shape index (κ2) is 6.44. The Bertz CT molecular complexity index is 341. The van der Waals surface area contributed by atoms with E-state index in [1.807, 2.05) is 0 Å². The first-order valence-electron chi connectivity index (χ1n) is 8.11. The molecule has 1 aliphatic carbocycles. The number of carbonyl (C=O) groups is 1. The van der Waals surface area contributed by atoms with Crippen LogP contribution in [0.2, 0.25) is 0 Å². The number of rotatable bonds is 3. The molecule has 1 saturated heterocycles. The zero-order chi connectivity index (χ0) is 14.9. The van der Waals surface area contributed by atoms with Gasteiger partial charge in [-0.25, -0.2) is 0 Å². The Hall–Kier alpha value is -0.610. The van der Waals surface area contributed by atoms with E-state index in [1.165, 1.54) is 12.8 Å². The van der Waals surface area contributed by atoms with Crippen LogP contribution in [0, 0.1) is 17.8 Å². The Labute approximate surface area is 123 Å². The van der Waals surface area contributed by atoms with E-state index in [1.54, 1.807) is 0 Å². The van der Waals surface area contributed by atoms with E-state index in [9.17, 15) is 4.79 Å². The van der Waals surface area contributed by atoms with Gasteiger partial charge >= 0.3 is 0 Å². The molecule has 0 bridgehead atoms. The highest BCUT2D eigenvalue weighted by molar-refractivity contribution is 5.79. The number of likely N-dealkylation sites (N-methyl/N-ethyl adjacent to an activating group) is 1. The SMILES string of the molecule is CC1CN(C(=O)C(C)C2CCCC(N)C2)CC1N(C)C. The number of amides is 1. The monoisotopic (exact) mass is 281 g/mol. The minimum Gasteiger partial charge on any atom is -0.341 e. The van der Waals surface area contributed by atoms with Gasteiger partial charge in [0.25, 0.3) is 0 Å². The molecule has 1 saturated carbocycles. The smallest absolute Gasteiger partial charge is 0.225 e. The van der Waals surface area contributed by atoms with Crippen molar-refractivity contribution in [3.8, 4) is 0 Å². The summed E-state index contributed by atoms with van der Waals surface area (Å²) in [6, 6.07) is 0.802. The van der Waals surface area contributed by atoms with Crippen LogP contribution in [0.4, 0.5) is 0 Å². The molecule has 5 unspecified atom stereocenters. The van der Waals surface area contributed by atoms with Crippen LogP contribution >= 0.6 is 0 Å². The minimum atomic E-state index is 0.134. The van der Waals surface area contributed by atoms with Gasteiger partial charge in [-0.15, -0.1) is 0 Å². The predicted octanol–water partition coefficient (Wildman–Crippen LogP) is 1.55. The van der Waals surface area contributed by atoms with Crippen molar-refractivity contribution >= 4 is 5.91 Å². The Morgan fingerprint density at radius 3 is 2.55 bits per heavy atom. The summed E-state index contributed by atoms with van der Waals surface area (Å²) in [5.41, 5.74) is 6.07. The molecular weight excluding hydrogens is 250 g/mol. The van der Waals surface area contributed by atoms with E-state index >= 15 is 0 Å². The summed E-state index contributed by atoms with van der Waals surface area (Å²) in [6.45, 7) is 6.15. The van der Waals surface area contributed by atoms with Gasteiger partial charge in [0, 0.05) is 31.1 Å². The normalized spacial score (nSPS) is 36.4. The Kier molecular flexibility index (Phi) is 5.08. The van der Waals surface area contributed by atoms with E-state index in [0.29, 0.717) is 29.8 Å². The van der Waals surface area contributed by atoms with Crippen LogP contribution in [-0.2, 0) is 4.79 Å². The summed E-state index contributed by atoms with van der Waals surface area (Å²) in [6.07, 6.45) is 4.50. The van der Waals surface area contributed by atoms with Gasteiger partial charge in [0.05, 0.1) is 0 Å². The fraction of sp³-hybridized carbons (Fsp3) is 0.938. The molecule has 1 amide bonds. The fourth-order valence-electron chi connectivity index (χ4n) is 4.01. The fourth-order valence-corrected chi connectivity index (χ4v) is 4.01. The van der Waals surface area contributed by atoms with E-state index in [-0.39, 0.29) is 5.92 Å². The van der Waals surface area contributed by atoms with Gasteiger partial charge in [-0.2, -0.15) is 0 Å². The molecule has 2 rings (SSSR count). The zero-order valence-corrected chi connectivity index (χ0v) is 13.5. The maximum absolute atomic E-state index is 12.7. The van der Waals surface area contributed by atoms with Gasteiger partial charge in [-0.05, 0) is 45.2 Å². The van der Waals surface area contributed by atoms with E-state index in [0.717, 1.165) is 25.9 Å². The molecule has 2 aliphatic rings. The van der Waals surface area contributed by atoms with E-state index in [2.05, 4.69) is 37.7 Å². The molecular formula is C16H31N3O. The van der Waals surface area contributed by atoms with Crippen LogP contribution in [0.5, 0.6) is 0 Å². The minimum absolute atomic E-state index is 0.134. The van der Waals surface area contributed by atoms with Crippen molar-refractivity contribution in [2.45, 2.75) is 51.6 Å². The highest BCUT2D eigenvalue weighted by Gasteiger charge is 2.37. The molecule has 1 aliphatic heterocycles. The first-order chi connectivity index (χ1) is 9.40. The predicted molar refractivity (Wildman–Crippen MR) is 82.3 cm³/mol. The molecule has 4 heteroatoms. The standard InChI is InChI=1S/C16H31N3O/c1-11-9-19(10-15(11)18(3)4)16(20)12(2)13-6-5-7-14(17)8-13/h11-15H,5-10,17H2,1-4H3. The maximum atomic E-state index is 12.7. The number of nitrogens with two attached hydrogens (primary N) is 1. The third-order valence-electron chi connectivity index (χ3n) is 5.40. The molecule has 2 N–H and O–H groups in total. The number of hydrogen-bond donors (Lipinski definition) is 1. The van der Waals surface area contributed by atoms with Gasteiger partial charge < -0.3 is 15.5 Å². The van der Waals surface area contributed by atoms with Crippen LogP contribution in [0.15, 0.2) is 0 Å². The van der Waals surface area contributed by atoms with Crippen LogP contribution in [0.25, 0.3) is 0 Å². The molecule has 1 heterocycles. The van der Waals surface area contributed by atoms with E-state index in [4.69, 9.17) is 5.73 Å². The number of likely N-dealkylation sites (tertiary alicyclic amines) is 1. The summed E-state index contributed by atoms with van der Waals surface area (Å²) in [4.78, 5) is 17.1. The topological polar surface area (TPSA) is 49.6 Å². The molecule has 20 heavy (non-hydrogen) atoms. The number of nitrogens with zero attached hydrogens (tertiary/aromatic N) is 2.